The molecule has 0 radical (unpaired) electrons. The third kappa shape index (κ3) is 3.91. The highest BCUT2D eigenvalue weighted by atomic mass is 79.9. The van der Waals surface area contributed by atoms with Crippen molar-refractivity contribution in [2.45, 2.75) is 12.5 Å². The van der Waals surface area contributed by atoms with Crippen LogP contribution in [0.3, 0.4) is 0 Å². The number of amides is 3. The summed E-state index contributed by atoms with van der Waals surface area (Å²) in [5.74, 6) is -0.542. The predicted molar refractivity (Wildman–Crippen MR) is 93.5 cm³/mol. The van der Waals surface area contributed by atoms with Crippen molar-refractivity contribution in [3.05, 3.63) is 58.8 Å². The molecule has 1 aliphatic rings. The Morgan fingerprint density at radius 1 is 1.21 bits per heavy atom. The standard InChI is InChI=1S/C17H15BrFN3O2/c18-11-4-6-13(7-5-11)20-17(24)21-14-9-16(23)22(10-14)15-3-1-2-12(19)8-15/h1-8,14H,9-10H2,(H2,20,21,24). The fourth-order valence-electron chi connectivity index (χ4n) is 2.58. The minimum absolute atomic E-state index is 0.144. The zero-order valence-corrected chi connectivity index (χ0v) is 14.2. The van der Waals surface area contributed by atoms with E-state index in [4.69, 9.17) is 0 Å². The van der Waals surface area contributed by atoms with Gasteiger partial charge in [-0.1, -0.05) is 22.0 Å². The number of carbonyl (C=O) groups excluding carboxylic acids is 2. The normalized spacial score (nSPS) is 17.0. The van der Waals surface area contributed by atoms with Gasteiger partial charge in [-0.3, -0.25) is 4.79 Å². The molecule has 1 unspecified atom stereocenters. The van der Waals surface area contributed by atoms with Gasteiger partial charge in [0, 0.05) is 28.8 Å². The SMILES string of the molecule is O=C(Nc1ccc(Br)cc1)NC1CC(=O)N(c2cccc(F)c2)C1. The van der Waals surface area contributed by atoms with Gasteiger partial charge in [0.05, 0.1) is 6.04 Å². The fraction of sp³-hybridized carbons (Fsp3) is 0.176. The highest BCUT2D eigenvalue weighted by molar-refractivity contribution is 9.10. The minimum atomic E-state index is -0.398. The zero-order chi connectivity index (χ0) is 17.1. The van der Waals surface area contributed by atoms with Crippen LogP contribution in [-0.2, 0) is 4.79 Å². The van der Waals surface area contributed by atoms with Gasteiger partial charge >= 0.3 is 6.03 Å². The number of hydrogen-bond acceptors (Lipinski definition) is 2. The number of hydrogen-bond donors (Lipinski definition) is 2. The number of carbonyl (C=O) groups is 2. The summed E-state index contributed by atoms with van der Waals surface area (Å²) in [6.07, 6.45) is 0.185. The Morgan fingerprint density at radius 3 is 2.67 bits per heavy atom. The first kappa shape index (κ1) is 16.4. The van der Waals surface area contributed by atoms with Crippen molar-refractivity contribution in [3.8, 4) is 0 Å². The Hall–Kier alpha value is -2.41. The summed E-state index contributed by atoms with van der Waals surface area (Å²) >= 11 is 3.33. The molecule has 0 aromatic heterocycles. The number of nitrogens with one attached hydrogen (secondary N) is 2. The van der Waals surface area contributed by atoms with Crippen molar-refractivity contribution in [1.29, 1.82) is 0 Å². The molecular weight excluding hydrogens is 377 g/mol. The van der Waals surface area contributed by atoms with Crippen molar-refractivity contribution in [3.63, 3.8) is 0 Å². The first-order chi connectivity index (χ1) is 11.5. The van der Waals surface area contributed by atoms with Crippen LogP contribution in [0.15, 0.2) is 53.0 Å². The summed E-state index contributed by atoms with van der Waals surface area (Å²) < 4.78 is 14.2. The number of anilines is 2. The van der Waals surface area contributed by atoms with Crippen LogP contribution >= 0.6 is 15.9 Å². The Balaban J connectivity index is 1.59. The zero-order valence-electron chi connectivity index (χ0n) is 12.6. The molecule has 2 aromatic carbocycles. The number of halogens is 2. The number of nitrogens with zero attached hydrogens (tertiary/aromatic N) is 1. The minimum Gasteiger partial charge on any atom is -0.333 e. The van der Waals surface area contributed by atoms with Gasteiger partial charge in [0.1, 0.15) is 5.82 Å². The molecule has 7 heteroatoms. The average molecular weight is 392 g/mol. The second-order valence-electron chi connectivity index (χ2n) is 5.49. The van der Waals surface area contributed by atoms with E-state index in [0.29, 0.717) is 17.9 Å². The lowest BCUT2D eigenvalue weighted by Crippen LogP contribution is -2.39. The maximum Gasteiger partial charge on any atom is 0.319 e. The van der Waals surface area contributed by atoms with Crippen LogP contribution in [0.1, 0.15) is 6.42 Å². The molecule has 1 saturated heterocycles. The van der Waals surface area contributed by atoms with Gasteiger partial charge in [0.15, 0.2) is 0 Å². The molecule has 3 amide bonds. The summed E-state index contributed by atoms with van der Waals surface area (Å²) in [4.78, 5) is 25.6. The number of rotatable bonds is 3. The van der Waals surface area contributed by atoms with Crippen molar-refractivity contribution >= 4 is 39.2 Å². The van der Waals surface area contributed by atoms with E-state index in [1.54, 1.807) is 24.3 Å². The molecule has 24 heavy (non-hydrogen) atoms. The summed E-state index contributed by atoms with van der Waals surface area (Å²) in [7, 11) is 0. The van der Waals surface area contributed by atoms with Gasteiger partial charge in [-0.15, -0.1) is 0 Å². The number of benzene rings is 2. The maximum absolute atomic E-state index is 13.3. The molecule has 1 heterocycles. The molecule has 1 aliphatic heterocycles. The predicted octanol–water partition coefficient (Wildman–Crippen LogP) is 3.52. The van der Waals surface area contributed by atoms with Crippen LogP contribution < -0.4 is 15.5 Å². The van der Waals surface area contributed by atoms with Crippen molar-refractivity contribution < 1.29 is 14.0 Å². The van der Waals surface area contributed by atoms with Gasteiger partial charge in [-0.2, -0.15) is 0 Å². The summed E-state index contributed by atoms with van der Waals surface area (Å²) in [5.41, 5.74) is 1.15. The second-order valence-corrected chi connectivity index (χ2v) is 6.41. The molecule has 3 rings (SSSR count). The summed E-state index contributed by atoms with van der Waals surface area (Å²) in [5, 5.41) is 5.48. The lowest BCUT2D eigenvalue weighted by atomic mass is 10.2. The van der Waals surface area contributed by atoms with Gasteiger partial charge < -0.3 is 15.5 Å². The van der Waals surface area contributed by atoms with Gasteiger partial charge in [-0.25, -0.2) is 9.18 Å². The summed E-state index contributed by atoms with van der Waals surface area (Å²) in [6, 6.07) is 12.3. The molecule has 1 fully saturated rings. The second kappa shape index (κ2) is 7.00. The molecule has 0 aliphatic carbocycles. The monoisotopic (exact) mass is 391 g/mol. The van der Waals surface area contributed by atoms with Crippen LogP contribution in [0.25, 0.3) is 0 Å². The molecular formula is C17H15BrFN3O2. The quantitative estimate of drug-likeness (QED) is 0.840. The molecule has 0 bridgehead atoms. The van der Waals surface area contributed by atoms with Gasteiger partial charge in [0.25, 0.3) is 0 Å². The maximum atomic E-state index is 13.3. The van der Waals surface area contributed by atoms with E-state index in [9.17, 15) is 14.0 Å². The lowest BCUT2D eigenvalue weighted by Gasteiger charge is -2.17. The van der Waals surface area contributed by atoms with Gasteiger partial charge in [0.2, 0.25) is 5.91 Å². The number of urea groups is 1. The smallest absolute Gasteiger partial charge is 0.319 e. The van der Waals surface area contributed by atoms with Crippen molar-refractivity contribution in [1.82, 2.24) is 5.32 Å². The largest absolute Gasteiger partial charge is 0.333 e. The molecule has 2 aromatic rings. The molecule has 2 N–H and O–H groups in total. The van der Waals surface area contributed by atoms with E-state index < -0.39 is 5.82 Å². The van der Waals surface area contributed by atoms with E-state index >= 15 is 0 Å². The van der Waals surface area contributed by atoms with Gasteiger partial charge in [-0.05, 0) is 42.5 Å². The van der Waals surface area contributed by atoms with E-state index in [1.807, 2.05) is 12.1 Å². The van der Waals surface area contributed by atoms with Crippen molar-refractivity contribution in [2.24, 2.45) is 0 Å². The molecule has 124 valence electrons. The lowest BCUT2D eigenvalue weighted by molar-refractivity contribution is -0.117. The van der Waals surface area contributed by atoms with Crippen LogP contribution in [0.5, 0.6) is 0 Å². The molecule has 0 spiro atoms. The van der Waals surface area contributed by atoms with E-state index in [2.05, 4.69) is 26.6 Å². The Kier molecular flexibility index (Phi) is 4.80. The van der Waals surface area contributed by atoms with E-state index in [-0.39, 0.29) is 24.4 Å². The molecule has 0 saturated carbocycles. The first-order valence-corrected chi connectivity index (χ1v) is 8.19. The Labute approximate surface area is 147 Å². The van der Waals surface area contributed by atoms with Crippen LogP contribution in [-0.4, -0.2) is 24.5 Å². The highest BCUT2D eigenvalue weighted by Gasteiger charge is 2.31. The first-order valence-electron chi connectivity index (χ1n) is 7.40. The Bertz CT molecular complexity index is 767. The molecule has 5 nitrogen and oxygen atoms in total. The van der Waals surface area contributed by atoms with Crippen molar-refractivity contribution in [2.75, 3.05) is 16.8 Å². The molecule has 1 atom stereocenters. The van der Waals surface area contributed by atoms with Crippen LogP contribution in [0, 0.1) is 5.82 Å². The third-order valence-electron chi connectivity index (χ3n) is 3.68. The van der Waals surface area contributed by atoms with Crippen LogP contribution in [0.4, 0.5) is 20.6 Å². The Morgan fingerprint density at radius 2 is 1.96 bits per heavy atom. The van der Waals surface area contributed by atoms with Crippen LogP contribution in [0.2, 0.25) is 0 Å². The fourth-order valence-corrected chi connectivity index (χ4v) is 2.85. The summed E-state index contributed by atoms with van der Waals surface area (Å²) in [6.45, 7) is 0.316. The van der Waals surface area contributed by atoms with E-state index in [1.165, 1.54) is 17.0 Å². The topological polar surface area (TPSA) is 61.4 Å². The van der Waals surface area contributed by atoms with E-state index in [0.717, 1.165) is 4.47 Å². The highest BCUT2D eigenvalue weighted by Crippen LogP contribution is 2.22. The third-order valence-corrected chi connectivity index (χ3v) is 4.21. The average Bonchev–Trinajstić information content (AvgIpc) is 2.90.